The zero-order valence-electron chi connectivity index (χ0n) is 15.1. The van der Waals surface area contributed by atoms with Crippen molar-refractivity contribution < 1.29 is 13.2 Å². The monoisotopic (exact) mass is 468 g/mol. The quantitative estimate of drug-likeness (QED) is 0.406. The molecule has 0 atom stereocenters. The summed E-state index contributed by atoms with van der Waals surface area (Å²) in [6.07, 6.45) is 4.33. The lowest BCUT2D eigenvalue weighted by Crippen LogP contribution is -2.08. The Hall–Kier alpha value is -2.25. The van der Waals surface area contributed by atoms with E-state index in [1.807, 2.05) is 30.3 Å². The van der Waals surface area contributed by atoms with Crippen molar-refractivity contribution in [2.24, 2.45) is 0 Å². The van der Waals surface area contributed by atoms with E-state index in [1.165, 1.54) is 24.3 Å². The van der Waals surface area contributed by atoms with Gasteiger partial charge in [0.05, 0.1) is 32.9 Å². The maximum atomic E-state index is 12.1. The molecule has 0 unspecified atom stereocenters. The highest BCUT2D eigenvalue weighted by Gasteiger charge is 2.14. The number of benzene rings is 2. The topological polar surface area (TPSA) is 68.3 Å². The van der Waals surface area contributed by atoms with Crippen molar-refractivity contribution in [1.82, 2.24) is 4.98 Å². The third kappa shape index (κ3) is 5.87. The van der Waals surface area contributed by atoms with Gasteiger partial charge in [-0.25, -0.2) is 8.42 Å². The van der Waals surface area contributed by atoms with Crippen LogP contribution in [0.1, 0.15) is 6.92 Å². The van der Waals surface area contributed by atoms with Crippen LogP contribution < -0.4 is 9.46 Å². The van der Waals surface area contributed by atoms with Gasteiger partial charge >= 0.3 is 0 Å². The summed E-state index contributed by atoms with van der Waals surface area (Å²) in [5, 5.41) is 2.61. The summed E-state index contributed by atoms with van der Waals surface area (Å²) in [6.45, 7) is 1.63. The molecule has 0 spiro atoms. The van der Waals surface area contributed by atoms with E-state index >= 15 is 0 Å². The van der Waals surface area contributed by atoms with E-state index in [2.05, 4.69) is 9.71 Å². The van der Waals surface area contributed by atoms with Crippen LogP contribution >= 0.6 is 34.8 Å². The number of halogens is 3. The Morgan fingerprint density at radius 1 is 1.14 bits per heavy atom. The zero-order valence-corrected chi connectivity index (χ0v) is 18.1. The molecular formula is C20H15Cl3N2O3S. The van der Waals surface area contributed by atoms with Gasteiger partial charge in [0.25, 0.3) is 10.0 Å². The van der Waals surface area contributed by atoms with Gasteiger partial charge in [-0.1, -0.05) is 53.0 Å². The standard InChI is InChI=1S/C20H15Cl3N2O3S/c1-13(21)5-4-8-29(26,27)25-15-10-17(22)20(18(23)11-15)28-16-9-14-6-2-3-7-19(14)24-12-16/h2-12,25H,1H3/b8-4+,13-5+. The normalized spacial score (nSPS) is 12.5. The number of pyridine rings is 1. The highest BCUT2D eigenvalue weighted by Crippen LogP contribution is 2.39. The third-order valence-corrected chi connectivity index (χ3v) is 5.35. The smallest absolute Gasteiger partial charge is 0.255 e. The van der Waals surface area contributed by atoms with Gasteiger partial charge in [0.2, 0.25) is 0 Å². The number of fused-ring (bicyclic) bond motifs is 1. The SMILES string of the molecule is C/C(Cl)=C\C=C\S(=O)(=O)Nc1cc(Cl)c(Oc2cnc3ccccc3c2)c(Cl)c1. The van der Waals surface area contributed by atoms with Crippen LogP contribution in [-0.4, -0.2) is 13.4 Å². The highest BCUT2D eigenvalue weighted by molar-refractivity contribution is 7.95. The summed E-state index contributed by atoms with van der Waals surface area (Å²) < 4.78 is 32.4. The Kier molecular flexibility index (Phi) is 6.70. The van der Waals surface area contributed by atoms with Crippen molar-refractivity contribution in [1.29, 1.82) is 0 Å². The molecule has 150 valence electrons. The minimum atomic E-state index is -3.76. The summed E-state index contributed by atoms with van der Waals surface area (Å²) in [6, 6.07) is 12.2. The first-order valence-electron chi connectivity index (χ1n) is 8.28. The van der Waals surface area contributed by atoms with Crippen LogP contribution in [0.25, 0.3) is 10.9 Å². The fraction of sp³-hybridized carbons (Fsp3) is 0.0500. The molecule has 1 heterocycles. The van der Waals surface area contributed by atoms with Crippen LogP contribution in [0.3, 0.4) is 0 Å². The molecule has 0 aliphatic rings. The first kappa shape index (κ1) is 21.5. The van der Waals surface area contributed by atoms with Gasteiger partial charge in [-0.15, -0.1) is 0 Å². The van der Waals surface area contributed by atoms with Gasteiger partial charge in [-0.2, -0.15) is 0 Å². The number of para-hydroxylation sites is 1. The van der Waals surface area contributed by atoms with E-state index in [4.69, 9.17) is 39.5 Å². The van der Waals surface area contributed by atoms with E-state index in [9.17, 15) is 8.42 Å². The molecular weight excluding hydrogens is 455 g/mol. The van der Waals surface area contributed by atoms with E-state index < -0.39 is 10.0 Å². The summed E-state index contributed by atoms with van der Waals surface area (Å²) >= 11 is 18.2. The molecule has 1 N–H and O–H groups in total. The van der Waals surface area contributed by atoms with Gasteiger partial charge in [-0.3, -0.25) is 9.71 Å². The maximum absolute atomic E-state index is 12.1. The number of aromatic nitrogens is 1. The molecule has 0 radical (unpaired) electrons. The minimum Gasteiger partial charge on any atom is -0.453 e. The molecule has 29 heavy (non-hydrogen) atoms. The van der Waals surface area contributed by atoms with E-state index in [1.54, 1.807) is 13.1 Å². The predicted molar refractivity (Wildman–Crippen MR) is 120 cm³/mol. The van der Waals surface area contributed by atoms with Crippen molar-refractivity contribution in [2.45, 2.75) is 6.92 Å². The molecule has 0 bridgehead atoms. The highest BCUT2D eigenvalue weighted by atomic mass is 35.5. The number of nitrogens with zero attached hydrogens (tertiary/aromatic N) is 1. The lowest BCUT2D eigenvalue weighted by molar-refractivity contribution is 0.482. The summed E-state index contributed by atoms with van der Waals surface area (Å²) in [5.41, 5.74) is 1.02. The second-order valence-corrected chi connectivity index (χ2v) is 8.94. The predicted octanol–water partition coefficient (Wildman–Crippen LogP) is 6.73. The lowest BCUT2D eigenvalue weighted by atomic mass is 10.2. The minimum absolute atomic E-state index is 0.142. The molecule has 0 saturated carbocycles. The number of rotatable bonds is 6. The molecule has 9 heteroatoms. The maximum Gasteiger partial charge on any atom is 0.255 e. The molecule has 3 aromatic rings. The number of hydrogen-bond acceptors (Lipinski definition) is 4. The Bertz CT molecular complexity index is 1200. The number of allylic oxidation sites excluding steroid dienone is 3. The summed E-state index contributed by atoms with van der Waals surface area (Å²) in [7, 11) is -3.76. The molecule has 3 rings (SSSR count). The van der Waals surface area contributed by atoms with Crippen molar-refractivity contribution in [2.75, 3.05) is 4.72 Å². The first-order chi connectivity index (χ1) is 13.7. The Labute approximate surface area is 183 Å². The van der Waals surface area contributed by atoms with Crippen LogP contribution in [0, 0.1) is 0 Å². The first-order valence-corrected chi connectivity index (χ1v) is 11.0. The summed E-state index contributed by atoms with van der Waals surface area (Å²) in [4.78, 5) is 4.32. The van der Waals surface area contributed by atoms with Crippen LogP contribution in [0.5, 0.6) is 11.5 Å². The molecule has 2 aromatic carbocycles. The zero-order chi connectivity index (χ0) is 21.0. The fourth-order valence-electron chi connectivity index (χ4n) is 2.41. The van der Waals surface area contributed by atoms with Gasteiger partial charge in [0, 0.05) is 10.4 Å². The average Bonchev–Trinajstić information content (AvgIpc) is 2.63. The van der Waals surface area contributed by atoms with Crippen molar-refractivity contribution in [3.05, 3.63) is 81.3 Å². The Morgan fingerprint density at radius 2 is 1.83 bits per heavy atom. The van der Waals surface area contributed by atoms with E-state index in [0.29, 0.717) is 10.8 Å². The molecule has 0 amide bonds. The molecule has 0 saturated heterocycles. The number of anilines is 1. The van der Waals surface area contributed by atoms with Crippen molar-refractivity contribution >= 4 is 61.4 Å². The molecule has 0 fully saturated rings. The third-order valence-electron chi connectivity index (χ3n) is 3.63. The Balaban J connectivity index is 1.83. The van der Waals surface area contributed by atoms with Crippen LogP contribution in [0.15, 0.2) is 71.3 Å². The number of hydrogen-bond donors (Lipinski definition) is 1. The number of ether oxygens (including phenoxy) is 1. The molecule has 0 aliphatic heterocycles. The van der Waals surface area contributed by atoms with E-state index in [-0.39, 0.29) is 21.5 Å². The summed E-state index contributed by atoms with van der Waals surface area (Å²) in [5.74, 6) is 0.650. The van der Waals surface area contributed by atoms with Gasteiger partial charge < -0.3 is 4.74 Å². The fourth-order valence-corrected chi connectivity index (χ4v) is 3.85. The van der Waals surface area contributed by atoms with Crippen LogP contribution in [0.4, 0.5) is 5.69 Å². The Morgan fingerprint density at radius 3 is 2.52 bits per heavy atom. The molecule has 0 aliphatic carbocycles. The van der Waals surface area contributed by atoms with Crippen LogP contribution in [0.2, 0.25) is 10.0 Å². The number of nitrogens with one attached hydrogen (secondary N) is 1. The van der Waals surface area contributed by atoms with Gasteiger partial charge in [0.15, 0.2) is 5.75 Å². The number of sulfonamides is 1. The second-order valence-electron chi connectivity index (χ2n) is 5.96. The lowest BCUT2D eigenvalue weighted by Gasteiger charge is -2.12. The van der Waals surface area contributed by atoms with E-state index in [0.717, 1.165) is 16.3 Å². The second kappa shape index (κ2) is 9.05. The molecule has 1 aromatic heterocycles. The van der Waals surface area contributed by atoms with Crippen LogP contribution in [-0.2, 0) is 10.0 Å². The van der Waals surface area contributed by atoms with Gasteiger partial charge in [-0.05, 0) is 43.3 Å². The average molecular weight is 470 g/mol. The van der Waals surface area contributed by atoms with Gasteiger partial charge in [0.1, 0.15) is 5.75 Å². The van der Waals surface area contributed by atoms with Crippen molar-refractivity contribution in [3.8, 4) is 11.5 Å². The van der Waals surface area contributed by atoms with Crippen molar-refractivity contribution in [3.63, 3.8) is 0 Å². The molecule has 5 nitrogen and oxygen atoms in total. The largest absolute Gasteiger partial charge is 0.453 e.